The van der Waals surface area contributed by atoms with Crippen LogP contribution in [0.5, 0.6) is 0 Å². The van der Waals surface area contributed by atoms with Crippen molar-refractivity contribution in [1.29, 1.82) is 0 Å². The van der Waals surface area contributed by atoms with Gasteiger partial charge >= 0.3 is 0 Å². The molecular weight excluding hydrogens is 372 g/mol. The van der Waals surface area contributed by atoms with Gasteiger partial charge in [0.05, 0.1) is 0 Å². The molecule has 0 aliphatic heterocycles. The standard InChI is InChI=1S/C26H32N2O2/c29-25(17-19-5-1-2-6-19)27-23-13-9-21(10-14-23)22-11-15-24(16-12-22)28-26(30)18-20-7-3-4-8-20/h9-16,19-20H,1-8,17-18H2,(H,27,29)(H,28,30). The summed E-state index contributed by atoms with van der Waals surface area (Å²) in [5, 5.41) is 6.04. The molecule has 0 atom stereocenters. The van der Waals surface area contributed by atoms with E-state index < -0.39 is 0 Å². The Labute approximate surface area is 179 Å². The highest BCUT2D eigenvalue weighted by Gasteiger charge is 2.19. The van der Waals surface area contributed by atoms with E-state index in [0.29, 0.717) is 24.7 Å². The van der Waals surface area contributed by atoms with Gasteiger partial charge in [0, 0.05) is 24.2 Å². The molecule has 0 aromatic heterocycles. The van der Waals surface area contributed by atoms with Gasteiger partial charge in [0.2, 0.25) is 11.8 Å². The molecular formula is C26H32N2O2. The van der Waals surface area contributed by atoms with Crippen LogP contribution >= 0.6 is 0 Å². The topological polar surface area (TPSA) is 58.2 Å². The predicted octanol–water partition coefficient (Wildman–Crippen LogP) is 6.39. The van der Waals surface area contributed by atoms with E-state index in [1.165, 1.54) is 51.4 Å². The van der Waals surface area contributed by atoms with Crippen molar-refractivity contribution in [2.24, 2.45) is 11.8 Å². The Morgan fingerprint density at radius 1 is 0.600 bits per heavy atom. The molecule has 30 heavy (non-hydrogen) atoms. The van der Waals surface area contributed by atoms with Crippen molar-refractivity contribution in [2.75, 3.05) is 10.6 Å². The molecule has 2 amide bonds. The van der Waals surface area contributed by atoms with Crippen molar-refractivity contribution in [2.45, 2.75) is 64.2 Å². The second kappa shape index (κ2) is 9.92. The third-order valence-corrected chi connectivity index (χ3v) is 6.57. The highest BCUT2D eigenvalue weighted by Crippen LogP contribution is 2.29. The fourth-order valence-electron chi connectivity index (χ4n) is 4.87. The zero-order valence-corrected chi connectivity index (χ0v) is 17.7. The van der Waals surface area contributed by atoms with Gasteiger partial charge in [-0.1, -0.05) is 49.9 Å². The molecule has 2 saturated carbocycles. The summed E-state index contributed by atoms with van der Waals surface area (Å²) in [4.78, 5) is 24.4. The lowest BCUT2D eigenvalue weighted by Gasteiger charge is -2.11. The maximum absolute atomic E-state index is 12.2. The fourth-order valence-corrected chi connectivity index (χ4v) is 4.87. The lowest BCUT2D eigenvalue weighted by atomic mass is 10.0. The van der Waals surface area contributed by atoms with Gasteiger partial charge in [-0.3, -0.25) is 9.59 Å². The smallest absolute Gasteiger partial charge is 0.224 e. The third kappa shape index (κ3) is 5.71. The van der Waals surface area contributed by atoms with Gasteiger partial charge in [-0.25, -0.2) is 0 Å². The summed E-state index contributed by atoms with van der Waals surface area (Å²) in [6, 6.07) is 15.9. The molecule has 0 saturated heterocycles. The van der Waals surface area contributed by atoms with Crippen LogP contribution in [-0.4, -0.2) is 11.8 Å². The third-order valence-electron chi connectivity index (χ3n) is 6.57. The summed E-state index contributed by atoms with van der Waals surface area (Å²) in [6.45, 7) is 0. The van der Waals surface area contributed by atoms with Crippen molar-refractivity contribution in [3.63, 3.8) is 0 Å². The van der Waals surface area contributed by atoms with Gasteiger partial charge in [-0.2, -0.15) is 0 Å². The molecule has 0 heterocycles. The summed E-state index contributed by atoms with van der Waals surface area (Å²) in [7, 11) is 0. The first kappa shape index (κ1) is 20.6. The van der Waals surface area contributed by atoms with E-state index >= 15 is 0 Å². The van der Waals surface area contributed by atoms with E-state index in [1.807, 2.05) is 48.5 Å². The van der Waals surface area contributed by atoms with Crippen LogP contribution < -0.4 is 10.6 Å². The summed E-state index contributed by atoms with van der Waals surface area (Å²) < 4.78 is 0. The lowest BCUT2D eigenvalue weighted by molar-refractivity contribution is -0.117. The van der Waals surface area contributed by atoms with Crippen LogP contribution in [0.2, 0.25) is 0 Å². The molecule has 2 aliphatic carbocycles. The SMILES string of the molecule is O=C(CC1CCCC1)Nc1ccc(-c2ccc(NC(=O)CC3CCCC3)cc2)cc1. The maximum atomic E-state index is 12.2. The van der Waals surface area contributed by atoms with Gasteiger partial charge in [0.1, 0.15) is 0 Å². The summed E-state index contributed by atoms with van der Waals surface area (Å²) in [5.41, 5.74) is 3.87. The average molecular weight is 405 g/mol. The summed E-state index contributed by atoms with van der Waals surface area (Å²) in [6.07, 6.45) is 11.0. The molecule has 2 aromatic rings. The largest absolute Gasteiger partial charge is 0.326 e. The van der Waals surface area contributed by atoms with Gasteiger partial charge in [-0.15, -0.1) is 0 Å². The van der Waals surface area contributed by atoms with Crippen LogP contribution in [0, 0.1) is 11.8 Å². The zero-order valence-electron chi connectivity index (χ0n) is 17.7. The number of nitrogens with one attached hydrogen (secondary N) is 2. The Balaban J connectivity index is 1.29. The molecule has 0 bridgehead atoms. The maximum Gasteiger partial charge on any atom is 0.224 e. The molecule has 0 unspecified atom stereocenters. The van der Waals surface area contributed by atoms with Crippen LogP contribution in [-0.2, 0) is 9.59 Å². The van der Waals surface area contributed by atoms with Crippen molar-refractivity contribution < 1.29 is 9.59 Å². The van der Waals surface area contributed by atoms with Gasteiger partial charge < -0.3 is 10.6 Å². The van der Waals surface area contributed by atoms with E-state index in [1.54, 1.807) is 0 Å². The fraction of sp³-hybridized carbons (Fsp3) is 0.462. The van der Waals surface area contributed by atoms with Crippen molar-refractivity contribution in [3.8, 4) is 11.1 Å². The normalized spacial score (nSPS) is 17.2. The summed E-state index contributed by atoms with van der Waals surface area (Å²) in [5.74, 6) is 1.35. The van der Waals surface area contributed by atoms with Crippen LogP contribution in [0.15, 0.2) is 48.5 Å². The molecule has 0 radical (unpaired) electrons. The zero-order chi connectivity index (χ0) is 20.8. The molecule has 4 nitrogen and oxygen atoms in total. The van der Waals surface area contributed by atoms with Crippen LogP contribution in [0.1, 0.15) is 64.2 Å². The molecule has 2 N–H and O–H groups in total. The van der Waals surface area contributed by atoms with Gasteiger partial charge in [-0.05, 0) is 72.9 Å². The first-order valence-electron chi connectivity index (χ1n) is 11.5. The predicted molar refractivity (Wildman–Crippen MR) is 122 cm³/mol. The Morgan fingerprint density at radius 3 is 1.27 bits per heavy atom. The van der Waals surface area contributed by atoms with E-state index in [0.717, 1.165) is 22.5 Å². The van der Waals surface area contributed by atoms with Crippen molar-refractivity contribution in [1.82, 2.24) is 0 Å². The van der Waals surface area contributed by atoms with E-state index in [4.69, 9.17) is 0 Å². The number of carbonyl (C=O) groups excluding carboxylic acids is 2. The average Bonchev–Trinajstić information content (AvgIpc) is 3.43. The van der Waals surface area contributed by atoms with Gasteiger partial charge in [0.25, 0.3) is 0 Å². The number of amides is 2. The Hall–Kier alpha value is -2.62. The Bertz CT molecular complexity index is 772. The Kier molecular flexibility index (Phi) is 6.83. The Morgan fingerprint density at radius 2 is 0.933 bits per heavy atom. The van der Waals surface area contributed by atoms with Crippen LogP contribution in [0.3, 0.4) is 0 Å². The quantitative estimate of drug-likeness (QED) is 0.561. The first-order chi connectivity index (χ1) is 14.7. The second-order valence-corrected chi connectivity index (χ2v) is 8.96. The number of hydrogen-bond donors (Lipinski definition) is 2. The molecule has 0 spiro atoms. The van der Waals surface area contributed by atoms with E-state index in [-0.39, 0.29) is 11.8 Å². The number of benzene rings is 2. The minimum Gasteiger partial charge on any atom is -0.326 e. The molecule has 4 rings (SSSR count). The summed E-state index contributed by atoms with van der Waals surface area (Å²) >= 11 is 0. The van der Waals surface area contributed by atoms with Gasteiger partial charge in [0.15, 0.2) is 0 Å². The minimum absolute atomic E-state index is 0.118. The molecule has 4 heteroatoms. The molecule has 2 fully saturated rings. The highest BCUT2D eigenvalue weighted by molar-refractivity contribution is 5.92. The molecule has 158 valence electrons. The minimum atomic E-state index is 0.118. The lowest BCUT2D eigenvalue weighted by Crippen LogP contribution is -2.15. The number of anilines is 2. The van der Waals surface area contributed by atoms with Crippen molar-refractivity contribution in [3.05, 3.63) is 48.5 Å². The highest BCUT2D eigenvalue weighted by atomic mass is 16.2. The number of rotatable bonds is 7. The molecule has 2 aromatic carbocycles. The van der Waals surface area contributed by atoms with Crippen LogP contribution in [0.25, 0.3) is 11.1 Å². The number of carbonyl (C=O) groups is 2. The van der Waals surface area contributed by atoms with Crippen molar-refractivity contribution >= 4 is 23.2 Å². The van der Waals surface area contributed by atoms with E-state index in [2.05, 4.69) is 10.6 Å². The number of hydrogen-bond acceptors (Lipinski definition) is 2. The first-order valence-corrected chi connectivity index (χ1v) is 11.5. The molecule has 2 aliphatic rings. The second-order valence-electron chi connectivity index (χ2n) is 8.96. The van der Waals surface area contributed by atoms with E-state index in [9.17, 15) is 9.59 Å². The monoisotopic (exact) mass is 404 g/mol. The van der Waals surface area contributed by atoms with Crippen LogP contribution in [0.4, 0.5) is 11.4 Å².